The van der Waals surface area contributed by atoms with Crippen LogP contribution in [-0.4, -0.2) is 58.1 Å². The SMILES string of the molecule is CCCCOC[C@H]1O[C@@H](OC)CC[C@@H](OCCCC)[C@@H]1OCCCC. The van der Waals surface area contributed by atoms with E-state index >= 15 is 0 Å². The molecule has 0 aromatic rings. The van der Waals surface area contributed by atoms with E-state index in [4.69, 9.17) is 23.7 Å². The second-order valence-corrected chi connectivity index (χ2v) is 6.80. The summed E-state index contributed by atoms with van der Waals surface area (Å²) < 4.78 is 29.9. The zero-order valence-corrected chi connectivity index (χ0v) is 16.8. The second-order valence-electron chi connectivity index (χ2n) is 6.80. The van der Waals surface area contributed by atoms with Gasteiger partial charge in [0.15, 0.2) is 6.29 Å². The van der Waals surface area contributed by atoms with Crippen molar-refractivity contribution >= 4 is 0 Å². The van der Waals surface area contributed by atoms with Crippen LogP contribution in [-0.2, 0) is 23.7 Å². The third kappa shape index (κ3) is 9.34. The lowest BCUT2D eigenvalue weighted by Crippen LogP contribution is -2.44. The molecule has 0 saturated carbocycles. The predicted octanol–water partition coefficient (Wildman–Crippen LogP) is 4.33. The summed E-state index contributed by atoms with van der Waals surface area (Å²) in [5.74, 6) is 0. The molecule has 25 heavy (non-hydrogen) atoms. The molecule has 1 aliphatic rings. The molecule has 1 aliphatic heterocycles. The van der Waals surface area contributed by atoms with Crippen LogP contribution in [0.4, 0.5) is 0 Å². The molecule has 1 heterocycles. The first-order chi connectivity index (χ1) is 12.3. The minimum Gasteiger partial charge on any atom is -0.379 e. The van der Waals surface area contributed by atoms with Crippen LogP contribution in [0.15, 0.2) is 0 Å². The Hall–Kier alpha value is -0.200. The van der Waals surface area contributed by atoms with E-state index in [9.17, 15) is 0 Å². The highest BCUT2D eigenvalue weighted by Crippen LogP contribution is 2.26. The van der Waals surface area contributed by atoms with Gasteiger partial charge in [0.2, 0.25) is 0 Å². The Morgan fingerprint density at radius 1 is 0.840 bits per heavy atom. The number of hydrogen-bond donors (Lipinski definition) is 0. The summed E-state index contributed by atoms with van der Waals surface area (Å²) in [6.07, 6.45) is 7.89. The normalized spacial score (nSPS) is 27.4. The van der Waals surface area contributed by atoms with Crippen LogP contribution in [0.1, 0.15) is 72.1 Å². The van der Waals surface area contributed by atoms with Crippen LogP contribution in [0.5, 0.6) is 0 Å². The van der Waals surface area contributed by atoms with Crippen molar-refractivity contribution in [3.63, 3.8) is 0 Å². The Balaban J connectivity index is 2.72. The van der Waals surface area contributed by atoms with Crippen molar-refractivity contribution in [2.75, 3.05) is 33.5 Å². The van der Waals surface area contributed by atoms with Gasteiger partial charge in [0.25, 0.3) is 0 Å². The molecule has 0 unspecified atom stereocenters. The van der Waals surface area contributed by atoms with Crippen molar-refractivity contribution in [1.29, 1.82) is 0 Å². The summed E-state index contributed by atoms with van der Waals surface area (Å²) in [6.45, 7) is 9.33. The van der Waals surface area contributed by atoms with E-state index in [-0.39, 0.29) is 24.6 Å². The maximum atomic E-state index is 6.22. The smallest absolute Gasteiger partial charge is 0.157 e. The van der Waals surface area contributed by atoms with Gasteiger partial charge in [-0.1, -0.05) is 40.0 Å². The van der Waals surface area contributed by atoms with Crippen molar-refractivity contribution in [3.05, 3.63) is 0 Å². The number of methoxy groups -OCH3 is 1. The van der Waals surface area contributed by atoms with E-state index in [0.29, 0.717) is 6.61 Å². The van der Waals surface area contributed by atoms with E-state index in [1.165, 1.54) is 0 Å². The Kier molecular flexibility index (Phi) is 13.6. The van der Waals surface area contributed by atoms with Gasteiger partial charge in [-0.25, -0.2) is 0 Å². The van der Waals surface area contributed by atoms with E-state index < -0.39 is 0 Å². The van der Waals surface area contributed by atoms with Gasteiger partial charge in [-0.05, 0) is 25.7 Å². The highest BCUT2D eigenvalue weighted by atomic mass is 16.7. The summed E-state index contributed by atoms with van der Waals surface area (Å²) in [5.41, 5.74) is 0. The molecule has 4 atom stereocenters. The van der Waals surface area contributed by atoms with Crippen LogP contribution < -0.4 is 0 Å². The largest absolute Gasteiger partial charge is 0.379 e. The molecule has 5 heteroatoms. The maximum Gasteiger partial charge on any atom is 0.157 e. The standard InChI is InChI=1S/C20H40O5/c1-5-8-13-22-16-18-20(24-15-10-7-3)17(23-14-9-6-2)11-12-19(21-4)25-18/h17-20H,5-16H2,1-4H3/t17-,18-,19-,20+/m1/s1. The molecule has 0 aromatic carbocycles. The fourth-order valence-electron chi connectivity index (χ4n) is 2.93. The molecule has 1 fully saturated rings. The molecule has 0 amide bonds. The van der Waals surface area contributed by atoms with Gasteiger partial charge in [0, 0.05) is 33.4 Å². The first kappa shape index (κ1) is 22.8. The van der Waals surface area contributed by atoms with Crippen LogP contribution in [0.25, 0.3) is 0 Å². The van der Waals surface area contributed by atoms with Crippen LogP contribution in [0, 0.1) is 0 Å². The lowest BCUT2D eigenvalue weighted by Gasteiger charge is -2.31. The zero-order chi connectivity index (χ0) is 18.3. The molecule has 0 aromatic heterocycles. The first-order valence-electron chi connectivity index (χ1n) is 10.3. The molecule has 1 saturated heterocycles. The molecule has 0 aliphatic carbocycles. The summed E-state index contributed by atoms with van der Waals surface area (Å²) in [7, 11) is 1.70. The molecule has 5 nitrogen and oxygen atoms in total. The lowest BCUT2D eigenvalue weighted by molar-refractivity contribution is -0.202. The van der Waals surface area contributed by atoms with Crippen LogP contribution in [0.2, 0.25) is 0 Å². The highest BCUT2D eigenvalue weighted by Gasteiger charge is 2.37. The fourth-order valence-corrected chi connectivity index (χ4v) is 2.93. The average molecular weight is 361 g/mol. The fraction of sp³-hybridized carbons (Fsp3) is 1.00. The Bertz CT molecular complexity index is 300. The summed E-state index contributed by atoms with van der Waals surface area (Å²) >= 11 is 0. The molecular formula is C20H40O5. The van der Waals surface area contributed by atoms with Gasteiger partial charge >= 0.3 is 0 Å². The molecule has 0 N–H and O–H groups in total. The topological polar surface area (TPSA) is 46.2 Å². The minimum absolute atomic E-state index is 0.0448. The van der Waals surface area contributed by atoms with Gasteiger partial charge in [-0.2, -0.15) is 0 Å². The van der Waals surface area contributed by atoms with Crippen molar-refractivity contribution in [1.82, 2.24) is 0 Å². The van der Waals surface area contributed by atoms with E-state index in [2.05, 4.69) is 20.8 Å². The quantitative estimate of drug-likeness (QED) is 0.432. The highest BCUT2D eigenvalue weighted by molar-refractivity contribution is 4.84. The van der Waals surface area contributed by atoms with Crippen LogP contribution in [0.3, 0.4) is 0 Å². The number of ether oxygens (including phenoxy) is 5. The van der Waals surface area contributed by atoms with E-state index in [0.717, 1.165) is 71.2 Å². The molecular weight excluding hydrogens is 320 g/mol. The van der Waals surface area contributed by atoms with Crippen molar-refractivity contribution in [2.45, 2.75) is 96.7 Å². The maximum absolute atomic E-state index is 6.22. The first-order valence-corrected chi connectivity index (χ1v) is 10.3. The Labute approximate surface area is 154 Å². The van der Waals surface area contributed by atoms with Gasteiger partial charge in [-0.15, -0.1) is 0 Å². The molecule has 0 radical (unpaired) electrons. The van der Waals surface area contributed by atoms with Gasteiger partial charge in [0.05, 0.1) is 12.7 Å². The Morgan fingerprint density at radius 3 is 2.12 bits per heavy atom. The number of hydrogen-bond acceptors (Lipinski definition) is 5. The molecule has 150 valence electrons. The van der Waals surface area contributed by atoms with E-state index in [1.807, 2.05) is 0 Å². The lowest BCUT2D eigenvalue weighted by atomic mass is 10.0. The number of unbranched alkanes of at least 4 members (excludes halogenated alkanes) is 3. The monoisotopic (exact) mass is 360 g/mol. The van der Waals surface area contributed by atoms with Gasteiger partial charge in [-0.3, -0.25) is 0 Å². The van der Waals surface area contributed by atoms with Gasteiger partial charge in [0.1, 0.15) is 12.2 Å². The molecule has 1 rings (SSSR count). The summed E-state index contributed by atoms with van der Waals surface area (Å²) in [6, 6.07) is 0. The third-order valence-electron chi connectivity index (χ3n) is 4.57. The van der Waals surface area contributed by atoms with E-state index in [1.54, 1.807) is 7.11 Å². The third-order valence-corrected chi connectivity index (χ3v) is 4.57. The number of rotatable bonds is 14. The Morgan fingerprint density at radius 2 is 1.48 bits per heavy atom. The summed E-state index contributed by atoms with van der Waals surface area (Å²) in [5, 5.41) is 0. The summed E-state index contributed by atoms with van der Waals surface area (Å²) in [4.78, 5) is 0. The second kappa shape index (κ2) is 14.9. The zero-order valence-electron chi connectivity index (χ0n) is 16.8. The minimum atomic E-state index is -0.211. The van der Waals surface area contributed by atoms with Crippen molar-refractivity contribution < 1.29 is 23.7 Å². The molecule has 0 bridgehead atoms. The van der Waals surface area contributed by atoms with Crippen molar-refractivity contribution in [2.24, 2.45) is 0 Å². The average Bonchev–Trinajstić information content (AvgIpc) is 2.79. The predicted molar refractivity (Wildman–Crippen MR) is 99.9 cm³/mol. The van der Waals surface area contributed by atoms with Crippen molar-refractivity contribution in [3.8, 4) is 0 Å². The molecule has 0 spiro atoms. The van der Waals surface area contributed by atoms with Crippen LogP contribution >= 0.6 is 0 Å². The van der Waals surface area contributed by atoms with Gasteiger partial charge < -0.3 is 23.7 Å².